The molecule has 0 aliphatic carbocycles. The molecule has 0 unspecified atom stereocenters. The molecule has 0 radical (unpaired) electrons. The zero-order chi connectivity index (χ0) is 14.6. The maximum atomic E-state index is 2.40. The van der Waals surface area contributed by atoms with Crippen LogP contribution >= 0.6 is 0 Å². The molecule has 0 saturated heterocycles. The highest BCUT2D eigenvalue weighted by atomic mass is 15.1. The zero-order valence-electron chi connectivity index (χ0n) is 13.3. The summed E-state index contributed by atoms with van der Waals surface area (Å²) >= 11 is 0. The molecule has 1 aromatic rings. The minimum atomic E-state index is 0.971. The first-order valence-corrected chi connectivity index (χ1v) is 7.91. The van der Waals surface area contributed by atoms with Crippen LogP contribution in [-0.2, 0) is 6.42 Å². The van der Waals surface area contributed by atoms with E-state index in [9.17, 15) is 0 Å². The lowest BCUT2D eigenvalue weighted by molar-refractivity contribution is 0.795. The van der Waals surface area contributed by atoms with Crippen molar-refractivity contribution in [1.82, 2.24) is 0 Å². The van der Waals surface area contributed by atoms with Crippen molar-refractivity contribution < 1.29 is 0 Å². The summed E-state index contributed by atoms with van der Waals surface area (Å²) in [6, 6.07) is 9.07. The van der Waals surface area contributed by atoms with Crippen LogP contribution in [0, 0.1) is 0 Å². The second kappa shape index (κ2) is 10.3. The molecule has 1 nitrogen and oxygen atoms in total. The summed E-state index contributed by atoms with van der Waals surface area (Å²) < 4.78 is 0. The standard InChI is InChI=1S/C19H29N/c1-4-7-10-17-20(16-9-6-3)19-14-12-18(13-15-19)11-8-5-2/h6-7,9-10,12-15H,4-5,8,11,16-17H2,1-3H3/b9-6-,10-7-. The van der Waals surface area contributed by atoms with Crippen LogP contribution in [0.3, 0.4) is 0 Å². The summed E-state index contributed by atoms with van der Waals surface area (Å²) in [5.41, 5.74) is 2.76. The fourth-order valence-electron chi connectivity index (χ4n) is 2.14. The van der Waals surface area contributed by atoms with Crippen molar-refractivity contribution in [2.45, 2.75) is 46.5 Å². The Morgan fingerprint density at radius 2 is 1.65 bits per heavy atom. The third kappa shape index (κ3) is 6.10. The molecule has 0 amide bonds. The Balaban J connectivity index is 2.70. The molecule has 0 N–H and O–H groups in total. The Kier molecular flexibility index (Phi) is 8.53. The van der Waals surface area contributed by atoms with Crippen molar-refractivity contribution in [3.63, 3.8) is 0 Å². The molecular weight excluding hydrogens is 242 g/mol. The zero-order valence-corrected chi connectivity index (χ0v) is 13.3. The van der Waals surface area contributed by atoms with E-state index in [1.54, 1.807) is 0 Å². The van der Waals surface area contributed by atoms with Crippen LogP contribution in [0.15, 0.2) is 48.6 Å². The molecule has 0 aromatic heterocycles. The van der Waals surface area contributed by atoms with E-state index in [4.69, 9.17) is 0 Å². The highest BCUT2D eigenvalue weighted by Crippen LogP contribution is 2.16. The lowest BCUT2D eigenvalue weighted by Gasteiger charge is -2.22. The van der Waals surface area contributed by atoms with Gasteiger partial charge in [0.2, 0.25) is 0 Å². The van der Waals surface area contributed by atoms with Crippen LogP contribution < -0.4 is 4.90 Å². The highest BCUT2D eigenvalue weighted by molar-refractivity contribution is 5.48. The van der Waals surface area contributed by atoms with E-state index in [1.165, 1.54) is 30.5 Å². The molecule has 0 bridgehead atoms. The Labute approximate surface area is 125 Å². The number of nitrogens with zero attached hydrogens (tertiary/aromatic N) is 1. The number of benzene rings is 1. The molecule has 1 aromatic carbocycles. The number of allylic oxidation sites excluding steroid dienone is 2. The van der Waals surface area contributed by atoms with Gasteiger partial charge in [0, 0.05) is 18.8 Å². The molecule has 0 saturated carbocycles. The molecule has 0 aliphatic heterocycles. The predicted octanol–water partition coefficient (Wildman–Crippen LogP) is 5.38. The summed E-state index contributed by atoms with van der Waals surface area (Å²) in [7, 11) is 0. The van der Waals surface area contributed by atoms with Gasteiger partial charge in [-0.2, -0.15) is 0 Å². The number of aryl methyl sites for hydroxylation is 1. The Bertz CT molecular complexity index is 400. The number of rotatable bonds is 9. The van der Waals surface area contributed by atoms with Gasteiger partial charge in [-0.3, -0.25) is 0 Å². The van der Waals surface area contributed by atoms with Gasteiger partial charge in [0.05, 0.1) is 0 Å². The maximum Gasteiger partial charge on any atom is 0.0372 e. The molecule has 0 heterocycles. The number of hydrogen-bond acceptors (Lipinski definition) is 1. The molecule has 0 aliphatic rings. The Morgan fingerprint density at radius 1 is 0.950 bits per heavy atom. The molecule has 110 valence electrons. The summed E-state index contributed by atoms with van der Waals surface area (Å²) in [5.74, 6) is 0. The molecule has 0 fully saturated rings. The van der Waals surface area contributed by atoms with Crippen molar-refractivity contribution in [1.29, 1.82) is 0 Å². The fourth-order valence-corrected chi connectivity index (χ4v) is 2.14. The van der Waals surface area contributed by atoms with Crippen LogP contribution in [0.25, 0.3) is 0 Å². The van der Waals surface area contributed by atoms with Crippen molar-refractivity contribution in [2.75, 3.05) is 18.0 Å². The van der Waals surface area contributed by atoms with Crippen LogP contribution in [0.1, 0.15) is 45.6 Å². The molecular formula is C19H29N. The Hall–Kier alpha value is -1.50. The van der Waals surface area contributed by atoms with E-state index >= 15 is 0 Å². The normalized spacial score (nSPS) is 11.6. The lowest BCUT2D eigenvalue weighted by atomic mass is 10.1. The first kappa shape index (κ1) is 16.6. The maximum absolute atomic E-state index is 2.40. The SMILES string of the molecule is C/C=C\CN(C/C=C\CC)c1ccc(CCCC)cc1. The van der Waals surface area contributed by atoms with E-state index in [0.29, 0.717) is 0 Å². The first-order chi connectivity index (χ1) is 9.81. The lowest BCUT2D eigenvalue weighted by Crippen LogP contribution is -2.23. The first-order valence-electron chi connectivity index (χ1n) is 7.91. The van der Waals surface area contributed by atoms with Gasteiger partial charge in [-0.1, -0.05) is 56.7 Å². The fraction of sp³-hybridized carbons (Fsp3) is 0.474. The van der Waals surface area contributed by atoms with Crippen molar-refractivity contribution in [3.8, 4) is 0 Å². The average molecular weight is 271 g/mol. The van der Waals surface area contributed by atoms with Gasteiger partial charge in [0.15, 0.2) is 0 Å². The topological polar surface area (TPSA) is 3.24 Å². The predicted molar refractivity (Wildman–Crippen MR) is 91.5 cm³/mol. The summed E-state index contributed by atoms with van der Waals surface area (Å²) in [4.78, 5) is 2.40. The number of anilines is 1. The van der Waals surface area contributed by atoms with Crippen LogP contribution in [-0.4, -0.2) is 13.1 Å². The quantitative estimate of drug-likeness (QED) is 0.545. The number of hydrogen-bond donors (Lipinski definition) is 0. The third-order valence-electron chi connectivity index (χ3n) is 3.41. The minimum Gasteiger partial charge on any atom is -0.364 e. The highest BCUT2D eigenvalue weighted by Gasteiger charge is 2.03. The van der Waals surface area contributed by atoms with Gasteiger partial charge in [-0.15, -0.1) is 0 Å². The van der Waals surface area contributed by atoms with E-state index < -0.39 is 0 Å². The van der Waals surface area contributed by atoms with Gasteiger partial charge in [-0.05, 0) is 43.9 Å². The van der Waals surface area contributed by atoms with Crippen molar-refractivity contribution in [3.05, 3.63) is 54.1 Å². The largest absolute Gasteiger partial charge is 0.364 e. The van der Waals surface area contributed by atoms with Crippen molar-refractivity contribution >= 4 is 5.69 Å². The summed E-state index contributed by atoms with van der Waals surface area (Å²) in [6.07, 6.45) is 13.7. The molecule has 1 heteroatoms. The molecule has 0 spiro atoms. The van der Waals surface area contributed by atoms with Crippen LogP contribution in [0.2, 0.25) is 0 Å². The van der Waals surface area contributed by atoms with Crippen LogP contribution in [0.4, 0.5) is 5.69 Å². The van der Waals surface area contributed by atoms with Gasteiger partial charge in [-0.25, -0.2) is 0 Å². The monoisotopic (exact) mass is 271 g/mol. The van der Waals surface area contributed by atoms with E-state index in [2.05, 4.69) is 74.2 Å². The molecule has 20 heavy (non-hydrogen) atoms. The smallest absolute Gasteiger partial charge is 0.0372 e. The van der Waals surface area contributed by atoms with E-state index in [1.807, 2.05) is 0 Å². The summed E-state index contributed by atoms with van der Waals surface area (Å²) in [5, 5.41) is 0. The van der Waals surface area contributed by atoms with Crippen molar-refractivity contribution in [2.24, 2.45) is 0 Å². The van der Waals surface area contributed by atoms with E-state index in [-0.39, 0.29) is 0 Å². The van der Waals surface area contributed by atoms with E-state index in [0.717, 1.165) is 19.5 Å². The summed E-state index contributed by atoms with van der Waals surface area (Å²) in [6.45, 7) is 8.45. The molecule has 1 rings (SSSR count). The van der Waals surface area contributed by atoms with Gasteiger partial charge < -0.3 is 4.90 Å². The average Bonchev–Trinajstić information content (AvgIpc) is 2.49. The van der Waals surface area contributed by atoms with Gasteiger partial charge in [0.1, 0.15) is 0 Å². The third-order valence-corrected chi connectivity index (χ3v) is 3.41. The van der Waals surface area contributed by atoms with Gasteiger partial charge in [0.25, 0.3) is 0 Å². The number of unbranched alkanes of at least 4 members (excludes halogenated alkanes) is 1. The minimum absolute atomic E-state index is 0.971. The second-order valence-corrected chi connectivity index (χ2v) is 5.12. The molecule has 0 atom stereocenters. The van der Waals surface area contributed by atoms with Crippen LogP contribution in [0.5, 0.6) is 0 Å². The van der Waals surface area contributed by atoms with Gasteiger partial charge >= 0.3 is 0 Å². The Morgan fingerprint density at radius 3 is 2.25 bits per heavy atom. The second-order valence-electron chi connectivity index (χ2n) is 5.12.